The summed E-state index contributed by atoms with van der Waals surface area (Å²) in [7, 11) is 0. The zero-order valence-electron chi connectivity index (χ0n) is 21.7. The quantitative estimate of drug-likeness (QED) is 0.280. The van der Waals surface area contributed by atoms with Gasteiger partial charge in [-0.2, -0.15) is 0 Å². The number of hydrogen-bond donors (Lipinski definition) is 2. The van der Waals surface area contributed by atoms with Crippen LogP contribution in [0.1, 0.15) is 28.3 Å². The van der Waals surface area contributed by atoms with Crippen molar-refractivity contribution in [2.75, 3.05) is 25.6 Å². The lowest BCUT2D eigenvalue weighted by Gasteiger charge is -2.49. The summed E-state index contributed by atoms with van der Waals surface area (Å²) in [6.07, 6.45) is 0.470. The molecule has 3 aromatic carbocycles. The Balaban J connectivity index is 0.00000336. The molecule has 200 valence electrons. The summed E-state index contributed by atoms with van der Waals surface area (Å²) in [5.74, 6) is 0.259. The first-order valence-electron chi connectivity index (χ1n) is 12.7. The highest BCUT2D eigenvalue weighted by atomic mass is 79.9. The van der Waals surface area contributed by atoms with E-state index in [0.29, 0.717) is 37.6 Å². The summed E-state index contributed by atoms with van der Waals surface area (Å²) >= 11 is 6.13. The highest BCUT2D eigenvalue weighted by molar-refractivity contribution is 8.93. The van der Waals surface area contributed by atoms with Gasteiger partial charge in [0.2, 0.25) is 11.5 Å². The Bertz CT molecular complexity index is 1470. The predicted molar refractivity (Wildman–Crippen MR) is 157 cm³/mol. The van der Waals surface area contributed by atoms with Crippen molar-refractivity contribution in [2.24, 2.45) is 5.41 Å². The number of aromatic nitrogens is 2. The number of nitrogens with one attached hydrogen (secondary N) is 1. The number of carbonyl (C=O) groups is 1. The van der Waals surface area contributed by atoms with Crippen LogP contribution in [0.5, 0.6) is 0 Å². The van der Waals surface area contributed by atoms with Crippen LogP contribution in [0.4, 0.5) is 0 Å². The number of rotatable bonds is 8. The van der Waals surface area contributed by atoms with Gasteiger partial charge in [-0.05, 0) is 37.1 Å². The lowest BCUT2D eigenvalue weighted by Crippen LogP contribution is -2.62. The highest BCUT2D eigenvalue weighted by Gasteiger charge is 2.46. The summed E-state index contributed by atoms with van der Waals surface area (Å²) in [4.78, 5) is 15.8. The van der Waals surface area contributed by atoms with Crippen molar-refractivity contribution >= 4 is 45.5 Å². The number of aryl methyl sites for hydroxylation is 2. The largest absolute Gasteiger partial charge is 0.396 e. The van der Waals surface area contributed by atoms with Crippen molar-refractivity contribution in [3.05, 3.63) is 101 Å². The van der Waals surface area contributed by atoms with Crippen LogP contribution in [-0.4, -0.2) is 50.6 Å². The van der Waals surface area contributed by atoms with Crippen LogP contribution in [-0.2, 0) is 17.8 Å². The van der Waals surface area contributed by atoms with Crippen molar-refractivity contribution in [3.8, 4) is 0 Å². The fraction of sp³-hybridized carbons (Fsp3) is 0.333. The summed E-state index contributed by atoms with van der Waals surface area (Å²) in [5.41, 5.74) is 6.12. The summed E-state index contributed by atoms with van der Waals surface area (Å²) in [6, 6.07) is 23.9. The Morgan fingerprint density at radius 3 is 2.05 bits per heavy atom. The second-order valence-electron chi connectivity index (χ2n) is 10.4. The van der Waals surface area contributed by atoms with Crippen molar-refractivity contribution < 1.29 is 9.90 Å². The molecule has 1 aliphatic heterocycles. The smallest absolute Gasteiger partial charge is 0.246 e. The maximum Gasteiger partial charge on any atom is 0.246 e. The van der Waals surface area contributed by atoms with Crippen LogP contribution < -0.4 is 5.62 Å². The average molecular weight is 598 g/mol. The molecule has 8 heteroatoms. The van der Waals surface area contributed by atoms with Gasteiger partial charge in [0.15, 0.2) is 0 Å². The molecule has 0 aliphatic carbocycles. The first-order chi connectivity index (χ1) is 17.8. The standard InChI is InChI=1S/C30H33ClN4O2.BrH/c1-21-7-11-23(12-8-21)15-27(28(37)33-18-30(17-31,19-33)20-36)35-26-6-4-3-5-25(26)34(29(35)32)16-24-13-9-22(2)10-14-24;/h3-14,27,32,36H,15-20H2,1-2H3;1H. The normalized spacial score (nSPS) is 15.1. The maximum absolute atomic E-state index is 14.0. The van der Waals surface area contributed by atoms with E-state index >= 15 is 0 Å². The van der Waals surface area contributed by atoms with E-state index in [1.807, 2.05) is 40.3 Å². The van der Waals surface area contributed by atoms with E-state index in [1.165, 1.54) is 5.56 Å². The van der Waals surface area contributed by atoms with Gasteiger partial charge >= 0.3 is 0 Å². The highest BCUT2D eigenvalue weighted by Crippen LogP contribution is 2.34. The molecule has 1 atom stereocenters. The third kappa shape index (κ3) is 5.33. The zero-order chi connectivity index (χ0) is 26.2. The van der Waals surface area contributed by atoms with Crippen molar-refractivity contribution in [2.45, 2.75) is 32.9 Å². The summed E-state index contributed by atoms with van der Waals surface area (Å²) in [6.45, 7) is 5.45. The number of hydrogen-bond acceptors (Lipinski definition) is 3. The van der Waals surface area contributed by atoms with Gasteiger partial charge in [-0.1, -0.05) is 71.8 Å². The molecule has 4 aromatic rings. The molecule has 0 radical (unpaired) electrons. The number of aliphatic hydroxyl groups excluding tert-OH is 1. The molecular formula is C30H34BrClN4O2. The number of imidazole rings is 1. The molecular weight excluding hydrogens is 564 g/mol. The molecule has 1 amide bonds. The van der Waals surface area contributed by atoms with Gasteiger partial charge in [0.05, 0.1) is 24.2 Å². The second-order valence-corrected chi connectivity index (χ2v) is 10.7. The fourth-order valence-electron chi connectivity index (χ4n) is 5.20. The molecule has 1 unspecified atom stereocenters. The number of carbonyl (C=O) groups excluding carboxylic acids is 1. The van der Waals surface area contributed by atoms with Crippen LogP contribution in [0.3, 0.4) is 0 Å². The summed E-state index contributed by atoms with van der Waals surface area (Å²) in [5, 5.41) is 19.1. The number of para-hydroxylation sites is 2. The van der Waals surface area contributed by atoms with Crippen LogP contribution in [0, 0.1) is 24.7 Å². The van der Waals surface area contributed by atoms with E-state index in [0.717, 1.165) is 27.7 Å². The fourth-order valence-corrected chi connectivity index (χ4v) is 5.45. The van der Waals surface area contributed by atoms with Crippen LogP contribution in [0.15, 0.2) is 72.8 Å². The Hall–Kier alpha value is -2.87. The molecule has 38 heavy (non-hydrogen) atoms. The minimum absolute atomic E-state index is 0. The molecule has 1 saturated heterocycles. The first kappa shape index (κ1) is 28.1. The van der Waals surface area contributed by atoms with Crippen molar-refractivity contribution in [3.63, 3.8) is 0 Å². The Labute approximate surface area is 238 Å². The zero-order valence-corrected chi connectivity index (χ0v) is 24.2. The number of aliphatic hydroxyl groups is 1. The number of benzene rings is 3. The number of amides is 1. The molecule has 1 fully saturated rings. The third-order valence-electron chi connectivity index (χ3n) is 7.51. The van der Waals surface area contributed by atoms with E-state index in [2.05, 4.69) is 55.5 Å². The van der Waals surface area contributed by atoms with Crippen LogP contribution in [0.25, 0.3) is 11.0 Å². The van der Waals surface area contributed by atoms with Gasteiger partial charge in [0, 0.05) is 30.8 Å². The topological polar surface area (TPSA) is 74.2 Å². The Kier molecular flexibility index (Phi) is 8.50. The minimum Gasteiger partial charge on any atom is -0.396 e. The SMILES string of the molecule is Br.Cc1ccc(CC(C(=O)N2CC(CO)(CCl)C2)n2c(=N)n(Cc3ccc(C)cc3)c3ccccc32)cc1. The van der Waals surface area contributed by atoms with Crippen molar-refractivity contribution in [1.82, 2.24) is 14.0 Å². The van der Waals surface area contributed by atoms with Crippen molar-refractivity contribution in [1.29, 1.82) is 5.41 Å². The van der Waals surface area contributed by atoms with E-state index in [9.17, 15) is 15.3 Å². The second kappa shape index (κ2) is 11.5. The summed E-state index contributed by atoms with van der Waals surface area (Å²) < 4.78 is 3.85. The number of nitrogens with zero attached hydrogens (tertiary/aromatic N) is 3. The lowest BCUT2D eigenvalue weighted by atomic mass is 9.82. The number of likely N-dealkylation sites (tertiary alicyclic amines) is 1. The van der Waals surface area contributed by atoms with E-state index in [-0.39, 0.29) is 29.5 Å². The Morgan fingerprint density at radius 2 is 1.50 bits per heavy atom. The van der Waals surface area contributed by atoms with E-state index < -0.39 is 11.5 Å². The van der Waals surface area contributed by atoms with Crippen LogP contribution in [0.2, 0.25) is 0 Å². The van der Waals surface area contributed by atoms with E-state index in [4.69, 9.17) is 11.6 Å². The Morgan fingerprint density at radius 1 is 0.947 bits per heavy atom. The van der Waals surface area contributed by atoms with Gasteiger partial charge in [0.1, 0.15) is 6.04 Å². The average Bonchev–Trinajstić information content (AvgIpc) is 3.16. The first-order valence-corrected chi connectivity index (χ1v) is 13.2. The molecule has 0 saturated carbocycles. The van der Waals surface area contributed by atoms with Gasteiger partial charge in [-0.25, -0.2) is 0 Å². The minimum atomic E-state index is -0.591. The monoisotopic (exact) mass is 596 g/mol. The lowest BCUT2D eigenvalue weighted by molar-refractivity contribution is -0.148. The van der Waals surface area contributed by atoms with Gasteiger partial charge in [-0.3, -0.25) is 14.8 Å². The predicted octanol–water partition coefficient (Wildman–Crippen LogP) is 5.01. The molecule has 0 bridgehead atoms. The molecule has 6 nitrogen and oxygen atoms in total. The van der Waals surface area contributed by atoms with Crippen LogP contribution >= 0.6 is 28.6 Å². The van der Waals surface area contributed by atoms with Gasteiger partial charge in [0.25, 0.3) is 0 Å². The molecule has 1 aromatic heterocycles. The molecule has 5 rings (SSSR count). The molecule has 0 spiro atoms. The van der Waals surface area contributed by atoms with Gasteiger partial charge < -0.3 is 14.6 Å². The molecule has 2 heterocycles. The van der Waals surface area contributed by atoms with E-state index in [1.54, 1.807) is 4.90 Å². The number of alkyl halides is 1. The maximum atomic E-state index is 14.0. The molecule has 2 N–H and O–H groups in total. The molecule has 1 aliphatic rings. The number of fused-ring (bicyclic) bond motifs is 1. The third-order valence-corrected chi connectivity index (χ3v) is 8.07. The van der Waals surface area contributed by atoms with Gasteiger partial charge in [-0.15, -0.1) is 28.6 Å². The number of halogens is 2.